The summed E-state index contributed by atoms with van der Waals surface area (Å²) in [6, 6.07) is 9.41. The average Bonchev–Trinajstić information content (AvgIpc) is 2.57. The highest BCUT2D eigenvalue weighted by Gasteiger charge is 2.17. The number of aromatic nitrogens is 2. The molecule has 6 heteroatoms. The lowest BCUT2D eigenvalue weighted by Gasteiger charge is -2.28. The Labute approximate surface area is 135 Å². The van der Waals surface area contributed by atoms with Crippen molar-refractivity contribution in [3.8, 4) is 0 Å². The van der Waals surface area contributed by atoms with Crippen molar-refractivity contribution in [2.45, 2.75) is 13.8 Å². The first-order valence-electron chi connectivity index (χ1n) is 7.68. The summed E-state index contributed by atoms with van der Waals surface area (Å²) in [6.45, 7) is 6.70. The standard InChI is InChI=1S/C17H20N4O2/c1-12-3-5-14(6-4-12)20-17(22)15-11-16(19-13(2)18-15)21-7-9-23-10-8-21/h3-6,11H,7-10H2,1-2H3,(H,20,22). The average molecular weight is 312 g/mol. The van der Waals surface area contributed by atoms with Crippen LogP contribution in [0.15, 0.2) is 30.3 Å². The van der Waals surface area contributed by atoms with Gasteiger partial charge in [-0.3, -0.25) is 4.79 Å². The number of benzene rings is 1. The van der Waals surface area contributed by atoms with Crippen molar-refractivity contribution in [1.82, 2.24) is 9.97 Å². The van der Waals surface area contributed by atoms with Crippen molar-refractivity contribution in [3.05, 3.63) is 47.4 Å². The number of hydrogen-bond donors (Lipinski definition) is 1. The van der Waals surface area contributed by atoms with Crippen molar-refractivity contribution in [3.63, 3.8) is 0 Å². The maximum Gasteiger partial charge on any atom is 0.274 e. The van der Waals surface area contributed by atoms with Gasteiger partial charge in [-0.1, -0.05) is 17.7 Å². The number of carbonyl (C=O) groups is 1. The predicted molar refractivity (Wildman–Crippen MR) is 88.9 cm³/mol. The van der Waals surface area contributed by atoms with Crippen LogP contribution in [-0.4, -0.2) is 42.2 Å². The molecule has 0 bridgehead atoms. The molecular formula is C17H20N4O2. The van der Waals surface area contributed by atoms with Crippen molar-refractivity contribution >= 4 is 17.4 Å². The minimum Gasteiger partial charge on any atom is -0.378 e. The van der Waals surface area contributed by atoms with Gasteiger partial charge in [-0.25, -0.2) is 9.97 Å². The SMILES string of the molecule is Cc1ccc(NC(=O)c2cc(N3CCOCC3)nc(C)n2)cc1. The van der Waals surface area contributed by atoms with Gasteiger partial charge in [0.05, 0.1) is 13.2 Å². The van der Waals surface area contributed by atoms with Gasteiger partial charge in [0, 0.05) is 24.8 Å². The van der Waals surface area contributed by atoms with Crippen molar-refractivity contribution in [2.75, 3.05) is 36.5 Å². The fourth-order valence-electron chi connectivity index (χ4n) is 2.45. The number of morpholine rings is 1. The molecule has 1 amide bonds. The van der Waals surface area contributed by atoms with Gasteiger partial charge in [0.2, 0.25) is 0 Å². The zero-order chi connectivity index (χ0) is 16.2. The molecule has 1 aromatic carbocycles. The quantitative estimate of drug-likeness (QED) is 0.941. The molecule has 1 N–H and O–H groups in total. The Morgan fingerprint density at radius 3 is 2.52 bits per heavy atom. The largest absolute Gasteiger partial charge is 0.378 e. The van der Waals surface area contributed by atoms with E-state index in [1.807, 2.05) is 31.2 Å². The van der Waals surface area contributed by atoms with Crippen molar-refractivity contribution < 1.29 is 9.53 Å². The molecule has 0 unspecified atom stereocenters. The number of anilines is 2. The molecule has 6 nitrogen and oxygen atoms in total. The normalized spacial score (nSPS) is 14.6. The van der Waals surface area contributed by atoms with Crippen LogP contribution in [0.5, 0.6) is 0 Å². The second-order valence-electron chi connectivity index (χ2n) is 5.58. The highest BCUT2D eigenvalue weighted by molar-refractivity contribution is 6.03. The Bertz CT molecular complexity index is 694. The van der Waals surface area contributed by atoms with E-state index in [0.29, 0.717) is 24.7 Å². The van der Waals surface area contributed by atoms with Crippen LogP contribution >= 0.6 is 0 Å². The van der Waals surface area contributed by atoms with Gasteiger partial charge in [0.25, 0.3) is 5.91 Å². The zero-order valence-electron chi connectivity index (χ0n) is 13.4. The van der Waals surface area contributed by atoms with Gasteiger partial charge < -0.3 is 15.0 Å². The van der Waals surface area contributed by atoms with Crippen LogP contribution in [0.1, 0.15) is 21.9 Å². The summed E-state index contributed by atoms with van der Waals surface area (Å²) in [5.74, 6) is 1.13. The fourth-order valence-corrected chi connectivity index (χ4v) is 2.45. The third kappa shape index (κ3) is 3.84. The topological polar surface area (TPSA) is 67.4 Å². The third-order valence-electron chi connectivity index (χ3n) is 3.70. The molecule has 0 atom stereocenters. The summed E-state index contributed by atoms with van der Waals surface area (Å²) in [5.41, 5.74) is 2.28. The van der Waals surface area contributed by atoms with Crippen LogP contribution in [0, 0.1) is 13.8 Å². The van der Waals surface area contributed by atoms with E-state index in [9.17, 15) is 4.79 Å². The molecule has 1 saturated heterocycles. The molecular weight excluding hydrogens is 292 g/mol. The predicted octanol–water partition coefficient (Wildman–Crippen LogP) is 2.18. The molecule has 0 radical (unpaired) electrons. The molecule has 2 aromatic rings. The number of nitrogens with one attached hydrogen (secondary N) is 1. The minimum absolute atomic E-state index is 0.228. The van der Waals surface area contributed by atoms with Gasteiger partial charge >= 0.3 is 0 Å². The van der Waals surface area contributed by atoms with Crippen molar-refractivity contribution in [2.24, 2.45) is 0 Å². The van der Waals surface area contributed by atoms with E-state index in [1.54, 1.807) is 13.0 Å². The first-order valence-corrected chi connectivity index (χ1v) is 7.68. The summed E-state index contributed by atoms with van der Waals surface area (Å²) < 4.78 is 5.35. The second kappa shape index (κ2) is 6.75. The number of nitrogens with zero attached hydrogens (tertiary/aromatic N) is 3. The third-order valence-corrected chi connectivity index (χ3v) is 3.70. The molecule has 3 rings (SSSR count). The summed E-state index contributed by atoms with van der Waals surface area (Å²) in [7, 11) is 0. The fraction of sp³-hybridized carbons (Fsp3) is 0.353. The number of ether oxygens (including phenoxy) is 1. The van der Waals surface area contributed by atoms with Crippen LogP contribution in [-0.2, 0) is 4.74 Å². The minimum atomic E-state index is -0.228. The Kier molecular flexibility index (Phi) is 4.52. The summed E-state index contributed by atoms with van der Waals surface area (Å²) in [4.78, 5) is 23.3. The highest BCUT2D eigenvalue weighted by atomic mass is 16.5. The molecule has 0 saturated carbocycles. The summed E-state index contributed by atoms with van der Waals surface area (Å²) in [5, 5.41) is 2.87. The molecule has 0 aliphatic carbocycles. The smallest absolute Gasteiger partial charge is 0.274 e. The van der Waals surface area contributed by atoms with Crippen molar-refractivity contribution in [1.29, 1.82) is 0 Å². The van der Waals surface area contributed by atoms with Gasteiger partial charge in [-0.05, 0) is 26.0 Å². The lowest BCUT2D eigenvalue weighted by atomic mass is 10.2. The lowest BCUT2D eigenvalue weighted by Crippen LogP contribution is -2.37. The molecule has 1 fully saturated rings. The maximum atomic E-state index is 12.4. The van der Waals surface area contributed by atoms with Crippen LogP contribution < -0.4 is 10.2 Å². The molecule has 1 aliphatic rings. The molecule has 1 aliphatic heterocycles. The summed E-state index contributed by atoms with van der Waals surface area (Å²) in [6.07, 6.45) is 0. The number of hydrogen-bond acceptors (Lipinski definition) is 5. The van der Waals surface area contributed by atoms with Gasteiger partial charge in [-0.15, -0.1) is 0 Å². The molecule has 23 heavy (non-hydrogen) atoms. The van der Waals surface area contributed by atoms with E-state index in [4.69, 9.17) is 4.74 Å². The lowest BCUT2D eigenvalue weighted by molar-refractivity contribution is 0.102. The number of carbonyl (C=O) groups excluding carboxylic acids is 1. The molecule has 1 aromatic heterocycles. The second-order valence-corrected chi connectivity index (χ2v) is 5.58. The number of aryl methyl sites for hydroxylation is 2. The molecule has 2 heterocycles. The zero-order valence-corrected chi connectivity index (χ0v) is 13.4. The summed E-state index contributed by atoms with van der Waals surface area (Å²) >= 11 is 0. The monoisotopic (exact) mass is 312 g/mol. The Hall–Kier alpha value is -2.47. The Morgan fingerprint density at radius 1 is 1.13 bits per heavy atom. The van der Waals surface area contributed by atoms with E-state index < -0.39 is 0 Å². The maximum absolute atomic E-state index is 12.4. The van der Waals surface area contributed by atoms with E-state index in [-0.39, 0.29) is 5.91 Å². The van der Waals surface area contributed by atoms with E-state index in [0.717, 1.165) is 30.2 Å². The van der Waals surface area contributed by atoms with Crippen LogP contribution in [0.2, 0.25) is 0 Å². The number of rotatable bonds is 3. The van der Waals surface area contributed by atoms with Crippen LogP contribution in [0.4, 0.5) is 11.5 Å². The van der Waals surface area contributed by atoms with Gasteiger partial charge in [-0.2, -0.15) is 0 Å². The molecule has 0 spiro atoms. The Morgan fingerprint density at radius 2 is 1.83 bits per heavy atom. The first-order chi connectivity index (χ1) is 11.1. The van der Waals surface area contributed by atoms with Crippen LogP contribution in [0.3, 0.4) is 0 Å². The van der Waals surface area contributed by atoms with Gasteiger partial charge in [0.15, 0.2) is 0 Å². The van der Waals surface area contributed by atoms with Gasteiger partial charge in [0.1, 0.15) is 17.3 Å². The number of amides is 1. The van der Waals surface area contributed by atoms with Crippen LogP contribution in [0.25, 0.3) is 0 Å². The van der Waals surface area contributed by atoms with E-state index >= 15 is 0 Å². The van der Waals surface area contributed by atoms with E-state index in [2.05, 4.69) is 20.2 Å². The Balaban J connectivity index is 1.79. The first kappa shape index (κ1) is 15.4. The molecule has 120 valence electrons. The van der Waals surface area contributed by atoms with E-state index in [1.165, 1.54) is 0 Å². The highest BCUT2D eigenvalue weighted by Crippen LogP contribution is 2.16.